The molecule has 0 aliphatic rings. The molecule has 0 amide bonds. The second kappa shape index (κ2) is 5.89. The lowest BCUT2D eigenvalue weighted by molar-refractivity contribution is 0.485. The summed E-state index contributed by atoms with van der Waals surface area (Å²) in [6.45, 7) is 1.97. The van der Waals surface area contributed by atoms with E-state index in [-0.39, 0.29) is 6.04 Å². The molecule has 0 saturated carbocycles. The average molecular weight is 262 g/mol. The van der Waals surface area contributed by atoms with Crippen LogP contribution in [0.2, 0.25) is 0 Å². The van der Waals surface area contributed by atoms with Gasteiger partial charge >= 0.3 is 0 Å². The number of hydrogen-bond donors (Lipinski definition) is 1. The molecular formula is C15H16F2N2. The third kappa shape index (κ3) is 3.15. The van der Waals surface area contributed by atoms with Gasteiger partial charge in [0.2, 0.25) is 0 Å². The number of nitrogens with one attached hydrogen (secondary N) is 1. The zero-order valence-electron chi connectivity index (χ0n) is 11.0. The average Bonchev–Trinajstić information content (AvgIpc) is 2.40. The zero-order chi connectivity index (χ0) is 13.8. The number of nitrogens with zero attached hydrogens (tertiary/aromatic N) is 1. The van der Waals surface area contributed by atoms with Crippen LogP contribution in [0.3, 0.4) is 0 Å². The van der Waals surface area contributed by atoms with Crippen LogP contribution in [-0.4, -0.2) is 12.0 Å². The Morgan fingerprint density at radius 1 is 1.26 bits per heavy atom. The van der Waals surface area contributed by atoms with Crippen LogP contribution in [0.25, 0.3) is 0 Å². The van der Waals surface area contributed by atoms with Crippen LogP contribution in [0.15, 0.2) is 36.5 Å². The Balaban J connectivity index is 2.26. The molecule has 1 aromatic heterocycles. The van der Waals surface area contributed by atoms with Gasteiger partial charge in [-0.15, -0.1) is 0 Å². The largest absolute Gasteiger partial charge is 0.311 e. The first kappa shape index (κ1) is 13.6. The molecule has 1 heterocycles. The van der Waals surface area contributed by atoms with Gasteiger partial charge in [-0.05, 0) is 49.7 Å². The standard InChI is InChI=1S/C15H16F2N2/c1-10-6-7-19-14(8-10)13(18-2)9-11-4-3-5-12(16)15(11)17/h3-8,13,18H,9H2,1-2H3. The second-order valence-corrected chi connectivity index (χ2v) is 4.52. The molecule has 1 N–H and O–H groups in total. The molecule has 2 nitrogen and oxygen atoms in total. The molecule has 0 saturated heterocycles. The molecule has 100 valence electrons. The number of aromatic nitrogens is 1. The number of halogens is 2. The van der Waals surface area contributed by atoms with Crippen LogP contribution < -0.4 is 5.32 Å². The van der Waals surface area contributed by atoms with Crippen LogP contribution in [0.4, 0.5) is 8.78 Å². The molecule has 2 rings (SSSR count). The zero-order valence-corrected chi connectivity index (χ0v) is 11.0. The van der Waals surface area contributed by atoms with Gasteiger partial charge in [0.1, 0.15) is 0 Å². The highest BCUT2D eigenvalue weighted by Gasteiger charge is 2.15. The Bertz CT molecular complexity index is 570. The highest BCUT2D eigenvalue weighted by atomic mass is 19.2. The highest BCUT2D eigenvalue weighted by molar-refractivity contribution is 5.24. The summed E-state index contributed by atoms with van der Waals surface area (Å²) in [7, 11) is 1.78. The van der Waals surface area contributed by atoms with Crippen LogP contribution in [0.1, 0.15) is 22.9 Å². The number of rotatable bonds is 4. The SMILES string of the molecule is CNC(Cc1cccc(F)c1F)c1cc(C)ccn1. The van der Waals surface area contributed by atoms with Gasteiger partial charge < -0.3 is 5.32 Å². The first-order chi connectivity index (χ1) is 9.11. The van der Waals surface area contributed by atoms with Crippen LogP contribution in [0.5, 0.6) is 0 Å². The number of likely N-dealkylation sites (N-methyl/N-ethyl adjacent to an activating group) is 1. The van der Waals surface area contributed by atoms with E-state index >= 15 is 0 Å². The second-order valence-electron chi connectivity index (χ2n) is 4.52. The van der Waals surface area contributed by atoms with Gasteiger partial charge in [0.05, 0.1) is 11.7 Å². The lowest BCUT2D eigenvalue weighted by Gasteiger charge is -2.16. The first-order valence-corrected chi connectivity index (χ1v) is 6.14. The molecule has 1 unspecified atom stereocenters. The van der Waals surface area contributed by atoms with E-state index in [2.05, 4.69) is 10.3 Å². The van der Waals surface area contributed by atoms with Crippen molar-refractivity contribution in [1.82, 2.24) is 10.3 Å². The van der Waals surface area contributed by atoms with Gasteiger partial charge in [0.15, 0.2) is 11.6 Å². The van der Waals surface area contributed by atoms with Crippen molar-refractivity contribution >= 4 is 0 Å². The molecule has 0 radical (unpaired) electrons. The lowest BCUT2D eigenvalue weighted by Crippen LogP contribution is -2.20. The summed E-state index contributed by atoms with van der Waals surface area (Å²) in [5.41, 5.74) is 2.26. The van der Waals surface area contributed by atoms with Crippen molar-refractivity contribution in [3.8, 4) is 0 Å². The summed E-state index contributed by atoms with van der Waals surface area (Å²) in [5, 5.41) is 3.09. The van der Waals surface area contributed by atoms with Crippen LogP contribution in [-0.2, 0) is 6.42 Å². The van der Waals surface area contributed by atoms with Crippen molar-refractivity contribution in [3.63, 3.8) is 0 Å². The Hall–Kier alpha value is -1.81. The minimum atomic E-state index is -0.815. The van der Waals surface area contributed by atoms with Gasteiger partial charge in [-0.2, -0.15) is 0 Å². The molecule has 4 heteroatoms. The van der Waals surface area contributed by atoms with Crippen LogP contribution >= 0.6 is 0 Å². The van der Waals surface area contributed by atoms with Gasteiger partial charge in [-0.3, -0.25) is 4.98 Å². The number of aryl methyl sites for hydroxylation is 1. The molecule has 1 aromatic carbocycles. The highest BCUT2D eigenvalue weighted by Crippen LogP contribution is 2.20. The minimum Gasteiger partial charge on any atom is -0.311 e. The smallest absolute Gasteiger partial charge is 0.162 e. The predicted octanol–water partition coefficient (Wildman–Crippen LogP) is 3.17. The molecule has 0 spiro atoms. The molecule has 2 aromatic rings. The van der Waals surface area contributed by atoms with E-state index in [0.717, 1.165) is 17.3 Å². The molecule has 0 bridgehead atoms. The summed E-state index contributed by atoms with van der Waals surface area (Å²) in [6.07, 6.45) is 2.08. The molecule has 1 atom stereocenters. The van der Waals surface area contributed by atoms with E-state index in [4.69, 9.17) is 0 Å². The van der Waals surface area contributed by atoms with E-state index in [9.17, 15) is 8.78 Å². The summed E-state index contributed by atoms with van der Waals surface area (Å²) >= 11 is 0. The van der Waals surface area contributed by atoms with Gasteiger partial charge in [-0.1, -0.05) is 12.1 Å². The maximum absolute atomic E-state index is 13.7. The van der Waals surface area contributed by atoms with Crippen molar-refractivity contribution in [1.29, 1.82) is 0 Å². The Morgan fingerprint density at radius 2 is 2.05 bits per heavy atom. The van der Waals surface area contributed by atoms with Gasteiger partial charge in [0.25, 0.3) is 0 Å². The summed E-state index contributed by atoms with van der Waals surface area (Å²) < 4.78 is 26.9. The number of hydrogen-bond acceptors (Lipinski definition) is 2. The van der Waals surface area contributed by atoms with E-state index in [1.807, 2.05) is 19.1 Å². The van der Waals surface area contributed by atoms with E-state index in [1.54, 1.807) is 19.3 Å². The van der Waals surface area contributed by atoms with Crippen LogP contribution in [0, 0.1) is 18.6 Å². The monoisotopic (exact) mass is 262 g/mol. The predicted molar refractivity (Wildman–Crippen MR) is 70.8 cm³/mol. The van der Waals surface area contributed by atoms with E-state index in [0.29, 0.717) is 12.0 Å². The number of pyridine rings is 1. The molecule has 19 heavy (non-hydrogen) atoms. The lowest BCUT2D eigenvalue weighted by atomic mass is 10.0. The van der Waals surface area contributed by atoms with Crippen molar-refractivity contribution in [3.05, 3.63) is 65.0 Å². The van der Waals surface area contributed by atoms with Crippen molar-refractivity contribution in [2.24, 2.45) is 0 Å². The fourth-order valence-corrected chi connectivity index (χ4v) is 2.03. The van der Waals surface area contributed by atoms with E-state index in [1.165, 1.54) is 6.07 Å². The Labute approximate surface area is 111 Å². The third-order valence-corrected chi connectivity index (χ3v) is 3.10. The maximum atomic E-state index is 13.7. The minimum absolute atomic E-state index is 0.142. The fourth-order valence-electron chi connectivity index (χ4n) is 2.03. The Kier molecular flexibility index (Phi) is 4.22. The summed E-state index contributed by atoms with van der Waals surface area (Å²) in [4.78, 5) is 4.28. The van der Waals surface area contributed by atoms with Gasteiger partial charge in [0, 0.05) is 6.20 Å². The number of benzene rings is 1. The Morgan fingerprint density at radius 3 is 2.74 bits per heavy atom. The maximum Gasteiger partial charge on any atom is 0.162 e. The van der Waals surface area contributed by atoms with Crippen molar-refractivity contribution in [2.75, 3.05) is 7.05 Å². The molecular weight excluding hydrogens is 246 g/mol. The molecule has 0 aliphatic carbocycles. The fraction of sp³-hybridized carbons (Fsp3) is 0.267. The van der Waals surface area contributed by atoms with Gasteiger partial charge in [-0.25, -0.2) is 8.78 Å². The normalized spacial score (nSPS) is 12.4. The van der Waals surface area contributed by atoms with E-state index < -0.39 is 11.6 Å². The summed E-state index contributed by atoms with van der Waals surface area (Å²) in [5.74, 6) is -1.60. The van der Waals surface area contributed by atoms with Crippen molar-refractivity contribution in [2.45, 2.75) is 19.4 Å². The quantitative estimate of drug-likeness (QED) is 0.915. The third-order valence-electron chi connectivity index (χ3n) is 3.10. The molecule has 0 fully saturated rings. The van der Waals surface area contributed by atoms with Crippen molar-refractivity contribution < 1.29 is 8.78 Å². The molecule has 0 aliphatic heterocycles. The first-order valence-electron chi connectivity index (χ1n) is 6.14. The topological polar surface area (TPSA) is 24.9 Å². The summed E-state index contributed by atoms with van der Waals surface area (Å²) in [6, 6.07) is 7.94.